The van der Waals surface area contributed by atoms with Gasteiger partial charge in [-0.2, -0.15) is 13.2 Å². The van der Waals surface area contributed by atoms with E-state index in [-0.39, 0.29) is 11.6 Å². The molecule has 0 saturated heterocycles. The van der Waals surface area contributed by atoms with Crippen LogP contribution in [0.2, 0.25) is 0 Å². The van der Waals surface area contributed by atoms with E-state index >= 15 is 0 Å². The van der Waals surface area contributed by atoms with Crippen molar-refractivity contribution in [2.45, 2.75) is 12.7 Å². The Hall–Kier alpha value is -1.83. The van der Waals surface area contributed by atoms with Crippen molar-refractivity contribution in [2.24, 2.45) is 0 Å². The molecule has 0 radical (unpaired) electrons. The van der Waals surface area contributed by atoms with Gasteiger partial charge in [-0.15, -0.1) is 11.3 Å². The second-order valence-electron chi connectivity index (χ2n) is 4.18. The molecule has 20 heavy (non-hydrogen) atoms. The Labute approximate surface area is 118 Å². The van der Waals surface area contributed by atoms with Gasteiger partial charge >= 0.3 is 6.18 Å². The minimum atomic E-state index is -4.40. The summed E-state index contributed by atoms with van der Waals surface area (Å²) in [7, 11) is 3.22. The fraction of sp³-hybridized carbons (Fsp3) is 0.333. The lowest BCUT2D eigenvalue weighted by molar-refractivity contribution is -0.137. The van der Waals surface area contributed by atoms with Crippen molar-refractivity contribution < 1.29 is 13.2 Å². The maximum atomic E-state index is 12.8. The van der Waals surface area contributed by atoms with Crippen molar-refractivity contribution in [3.05, 3.63) is 34.3 Å². The average Bonchev–Trinajstić information content (AvgIpc) is 2.90. The number of thiazole rings is 1. The van der Waals surface area contributed by atoms with Crippen LogP contribution in [0, 0.1) is 0 Å². The second-order valence-corrected chi connectivity index (χ2v) is 4.90. The van der Waals surface area contributed by atoms with E-state index in [2.05, 4.69) is 15.3 Å². The summed E-state index contributed by atoms with van der Waals surface area (Å²) in [4.78, 5) is 9.87. The van der Waals surface area contributed by atoms with Gasteiger partial charge in [-0.1, -0.05) is 0 Å². The summed E-state index contributed by atoms with van der Waals surface area (Å²) in [5.74, 6) is 0.428. The van der Waals surface area contributed by atoms with Crippen molar-refractivity contribution in [1.82, 2.24) is 9.97 Å². The Kier molecular flexibility index (Phi) is 4.12. The molecule has 0 aliphatic heterocycles. The maximum Gasteiger partial charge on any atom is 0.416 e. The van der Waals surface area contributed by atoms with Crippen LogP contribution in [0.25, 0.3) is 0 Å². The number of halogens is 3. The van der Waals surface area contributed by atoms with Crippen LogP contribution in [0.4, 0.5) is 24.8 Å². The molecule has 2 rings (SSSR count). The maximum absolute atomic E-state index is 12.8. The molecule has 0 amide bonds. The highest BCUT2D eigenvalue weighted by molar-refractivity contribution is 7.07. The molecule has 2 aromatic rings. The quantitative estimate of drug-likeness (QED) is 0.941. The average molecular weight is 302 g/mol. The van der Waals surface area contributed by atoms with Gasteiger partial charge in [0, 0.05) is 19.5 Å². The van der Waals surface area contributed by atoms with Crippen molar-refractivity contribution in [3.8, 4) is 0 Å². The lowest BCUT2D eigenvalue weighted by Crippen LogP contribution is -2.19. The summed E-state index contributed by atoms with van der Waals surface area (Å²) in [6.07, 6.45) is -4.40. The molecule has 0 bridgehead atoms. The highest BCUT2D eigenvalue weighted by Gasteiger charge is 2.32. The van der Waals surface area contributed by atoms with Crippen LogP contribution in [0.1, 0.15) is 11.3 Å². The minimum absolute atomic E-state index is 0.181. The molecule has 0 unspecified atom stereocenters. The third-order valence-corrected chi connectivity index (χ3v) is 3.30. The standard InChI is InChI=1S/C12H13F3N4S/c1-16-10-3-8(12(13,14)15)4-11(18-10)19(2)5-9-6-20-7-17-9/h3-4,6-7H,5H2,1-2H3,(H,16,18). The number of nitrogens with zero attached hydrogens (tertiary/aromatic N) is 3. The van der Waals surface area contributed by atoms with Crippen LogP contribution in [0.5, 0.6) is 0 Å². The predicted octanol–water partition coefficient (Wildman–Crippen LogP) is 3.24. The molecule has 4 nitrogen and oxygen atoms in total. The van der Waals surface area contributed by atoms with Gasteiger partial charge in [0.2, 0.25) is 0 Å². The molecule has 0 atom stereocenters. The van der Waals surface area contributed by atoms with E-state index in [1.165, 1.54) is 18.4 Å². The van der Waals surface area contributed by atoms with Crippen molar-refractivity contribution in [3.63, 3.8) is 0 Å². The Bertz CT molecular complexity index is 569. The molecule has 0 aromatic carbocycles. The number of pyridine rings is 1. The van der Waals surface area contributed by atoms with Gasteiger partial charge in [0.25, 0.3) is 0 Å². The summed E-state index contributed by atoms with van der Waals surface area (Å²) in [5, 5.41) is 4.49. The smallest absolute Gasteiger partial charge is 0.373 e. The van der Waals surface area contributed by atoms with Gasteiger partial charge in [-0.25, -0.2) is 9.97 Å². The monoisotopic (exact) mass is 302 g/mol. The Balaban J connectivity index is 2.30. The van der Waals surface area contributed by atoms with Crippen LogP contribution in [0.15, 0.2) is 23.0 Å². The van der Waals surface area contributed by atoms with Crippen LogP contribution in [-0.4, -0.2) is 24.1 Å². The highest BCUT2D eigenvalue weighted by atomic mass is 32.1. The highest BCUT2D eigenvalue weighted by Crippen LogP contribution is 2.32. The molecule has 0 saturated carbocycles. The SMILES string of the molecule is CNc1cc(C(F)(F)F)cc(N(C)Cc2cscn2)n1. The molecule has 2 heterocycles. The molecule has 0 aliphatic carbocycles. The van der Waals surface area contributed by atoms with Gasteiger partial charge < -0.3 is 10.2 Å². The predicted molar refractivity (Wildman–Crippen MR) is 73.0 cm³/mol. The molecular weight excluding hydrogens is 289 g/mol. The Morgan fingerprint density at radius 1 is 1.35 bits per heavy atom. The van der Waals surface area contributed by atoms with Crippen molar-refractivity contribution >= 4 is 23.0 Å². The molecule has 108 valence electrons. The number of aromatic nitrogens is 2. The van der Waals surface area contributed by atoms with E-state index in [1.807, 2.05) is 5.38 Å². The summed E-state index contributed by atoms with van der Waals surface area (Å²) in [6.45, 7) is 0.404. The lowest BCUT2D eigenvalue weighted by Gasteiger charge is -2.19. The van der Waals surface area contributed by atoms with Gasteiger partial charge in [-0.3, -0.25) is 0 Å². The van der Waals surface area contributed by atoms with Gasteiger partial charge in [0.1, 0.15) is 11.6 Å². The summed E-state index contributed by atoms with van der Waals surface area (Å²) >= 11 is 1.44. The lowest BCUT2D eigenvalue weighted by atomic mass is 10.2. The number of alkyl halides is 3. The number of hydrogen-bond acceptors (Lipinski definition) is 5. The van der Waals surface area contributed by atoms with E-state index in [9.17, 15) is 13.2 Å². The first-order valence-corrected chi connectivity index (χ1v) is 6.69. The molecular formula is C12H13F3N4S. The van der Waals surface area contributed by atoms with Crippen LogP contribution in [0.3, 0.4) is 0 Å². The molecule has 2 aromatic heterocycles. The second kappa shape index (κ2) is 5.66. The fourth-order valence-electron chi connectivity index (χ4n) is 1.64. The van der Waals surface area contributed by atoms with E-state index < -0.39 is 11.7 Å². The Morgan fingerprint density at radius 2 is 2.10 bits per heavy atom. The fourth-order valence-corrected chi connectivity index (χ4v) is 2.19. The zero-order valence-electron chi connectivity index (χ0n) is 10.9. The van der Waals surface area contributed by atoms with E-state index in [0.29, 0.717) is 6.54 Å². The molecule has 0 aliphatic rings. The van der Waals surface area contributed by atoms with Gasteiger partial charge in [0.05, 0.1) is 23.3 Å². The summed E-state index contributed by atoms with van der Waals surface area (Å²) < 4.78 is 38.5. The first-order chi connectivity index (χ1) is 9.40. The van der Waals surface area contributed by atoms with Gasteiger partial charge in [0.15, 0.2) is 0 Å². The normalized spacial score (nSPS) is 11.4. The zero-order valence-corrected chi connectivity index (χ0v) is 11.7. The van der Waals surface area contributed by atoms with Crippen molar-refractivity contribution in [1.29, 1.82) is 0 Å². The number of anilines is 2. The summed E-state index contributed by atoms with van der Waals surface area (Å²) in [5.41, 5.74) is 1.75. The van der Waals surface area contributed by atoms with E-state index in [1.54, 1.807) is 17.5 Å². The molecule has 0 fully saturated rings. The third-order valence-electron chi connectivity index (χ3n) is 2.67. The van der Waals surface area contributed by atoms with Crippen LogP contribution in [-0.2, 0) is 12.7 Å². The molecule has 1 N–H and O–H groups in total. The molecule has 0 spiro atoms. The first kappa shape index (κ1) is 14.6. The van der Waals surface area contributed by atoms with Crippen LogP contribution >= 0.6 is 11.3 Å². The number of nitrogens with one attached hydrogen (secondary N) is 1. The van der Waals surface area contributed by atoms with Gasteiger partial charge in [-0.05, 0) is 12.1 Å². The van der Waals surface area contributed by atoms with Crippen molar-refractivity contribution in [2.75, 3.05) is 24.3 Å². The largest absolute Gasteiger partial charge is 0.416 e. The third kappa shape index (κ3) is 3.38. The topological polar surface area (TPSA) is 41.0 Å². The molecule has 8 heteroatoms. The van der Waals surface area contributed by atoms with E-state index in [4.69, 9.17) is 0 Å². The Morgan fingerprint density at radius 3 is 2.65 bits per heavy atom. The summed E-state index contributed by atoms with van der Waals surface area (Å²) in [6, 6.07) is 2.02. The minimum Gasteiger partial charge on any atom is -0.373 e. The van der Waals surface area contributed by atoms with E-state index in [0.717, 1.165) is 17.8 Å². The number of hydrogen-bond donors (Lipinski definition) is 1. The van der Waals surface area contributed by atoms with Crippen LogP contribution < -0.4 is 10.2 Å². The first-order valence-electron chi connectivity index (χ1n) is 5.75. The number of rotatable bonds is 4. The zero-order chi connectivity index (χ0) is 14.8.